The second-order valence-corrected chi connectivity index (χ2v) is 6.88. The van der Waals surface area contributed by atoms with Crippen LogP contribution in [0.15, 0.2) is 61.1 Å². The third-order valence-electron chi connectivity index (χ3n) is 4.87. The molecule has 27 heavy (non-hydrogen) atoms. The molecule has 4 aromatic heterocycles. The number of nitrogens with one attached hydrogen (secondary N) is 1. The first kappa shape index (κ1) is 15.8. The van der Waals surface area contributed by atoms with Gasteiger partial charge in [0.25, 0.3) is 5.91 Å². The topological polar surface area (TPSA) is 64.2 Å². The Labute approximate surface area is 156 Å². The molecule has 0 radical (unpaired) electrons. The van der Waals surface area contributed by atoms with Crippen LogP contribution in [-0.2, 0) is 0 Å². The Morgan fingerprint density at radius 3 is 2.81 bits per heavy atom. The maximum absolute atomic E-state index is 12.7. The van der Waals surface area contributed by atoms with E-state index in [1.165, 1.54) is 0 Å². The monoisotopic (exact) mass is 357 g/mol. The molecule has 1 aliphatic rings. The number of fused-ring (bicyclic) bond motifs is 1. The zero-order chi connectivity index (χ0) is 18.4. The zero-order valence-electron chi connectivity index (χ0n) is 15.0. The smallest absolute Gasteiger partial charge is 0.253 e. The van der Waals surface area contributed by atoms with Gasteiger partial charge < -0.3 is 9.72 Å². The van der Waals surface area contributed by atoms with Crippen molar-refractivity contribution in [3.63, 3.8) is 0 Å². The summed E-state index contributed by atoms with van der Waals surface area (Å²) in [6.07, 6.45) is 7.83. The molecule has 0 bridgehead atoms. The summed E-state index contributed by atoms with van der Waals surface area (Å²) >= 11 is 0. The van der Waals surface area contributed by atoms with Crippen LogP contribution in [0.4, 0.5) is 0 Å². The number of pyridine rings is 2. The lowest BCUT2D eigenvalue weighted by Gasteiger charge is -2.02. The average molecular weight is 357 g/mol. The summed E-state index contributed by atoms with van der Waals surface area (Å²) in [7, 11) is 0. The maximum Gasteiger partial charge on any atom is 0.253 e. The van der Waals surface area contributed by atoms with Gasteiger partial charge in [0.05, 0.1) is 16.8 Å². The van der Waals surface area contributed by atoms with Gasteiger partial charge in [-0.2, -0.15) is 0 Å². The number of aromatic nitrogens is 4. The van der Waals surface area contributed by atoms with Gasteiger partial charge in [-0.1, -0.05) is 12.1 Å². The Balaban J connectivity index is 1.62. The van der Waals surface area contributed by atoms with Crippen molar-refractivity contribution in [3.8, 4) is 17.2 Å². The van der Waals surface area contributed by atoms with Gasteiger partial charge in [-0.15, -0.1) is 0 Å². The van der Waals surface area contributed by atoms with Crippen molar-refractivity contribution in [2.24, 2.45) is 0 Å². The molecule has 4 aromatic rings. The Morgan fingerprint density at radius 2 is 2.04 bits per heavy atom. The molecule has 4 heterocycles. The summed E-state index contributed by atoms with van der Waals surface area (Å²) in [6, 6.07) is 13.9. The van der Waals surface area contributed by atoms with Gasteiger partial charge in [-0.3, -0.25) is 9.36 Å². The third kappa shape index (κ3) is 2.79. The fourth-order valence-electron chi connectivity index (χ4n) is 3.35. The summed E-state index contributed by atoms with van der Waals surface area (Å²) in [6.45, 7) is 1.95. The van der Waals surface area contributed by atoms with Gasteiger partial charge in [0.1, 0.15) is 17.3 Å². The number of rotatable bonds is 4. The number of aryl methyl sites for hydroxylation is 1. The molecule has 0 saturated heterocycles. The van der Waals surface area contributed by atoms with Crippen molar-refractivity contribution in [1.29, 1.82) is 0 Å². The highest BCUT2D eigenvalue weighted by atomic mass is 16.1. The van der Waals surface area contributed by atoms with Gasteiger partial charge in [-0.25, -0.2) is 9.97 Å². The van der Waals surface area contributed by atoms with Gasteiger partial charge in [0.15, 0.2) is 0 Å². The van der Waals surface area contributed by atoms with E-state index in [0.29, 0.717) is 11.6 Å². The van der Waals surface area contributed by atoms with Crippen LogP contribution in [0.3, 0.4) is 0 Å². The van der Waals surface area contributed by atoms with Crippen LogP contribution in [-0.4, -0.2) is 30.9 Å². The van der Waals surface area contributed by atoms with Crippen molar-refractivity contribution >= 4 is 11.4 Å². The molecule has 134 valence electrons. The van der Waals surface area contributed by atoms with Crippen LogP contribution >= 0.6 is 0 Å². The molecule has 6 nitrogen and oxygen atoms in total. The second kappa shape index (κ2) is 6.09. The number of hydrogen-bond acceptors (Lipinski definition) is 3. The summed E-state index contributed by atoms with van der Waals surface area (Å²) in [4.78, 5) is 21.8. The number of amides is 1. The van der Waals surface area contributed by atoms with Crippen molar-refractivity contribution < 1.29 is 4.79 Å². The molecule has 1 aliphatic carbocycles. The summed E-state index contributed by atoms with van der Waals surface area (Å²) in [5.74, 6) is 1.65. The van der Waals surface area contributed by atoms with E-state index >= 15 is 0 Å². The van der Waals surface area contributed by atoms with E-state index in [9.17, 15) is 4.79 Å². The Kier molecular flexibility index (Phi) is 3.57. The molecule has 5 rings (SSSR count). The van der Waals surface area contributed by atoms with E-state index in [2.05, 4.69) is 10.3 Å². The van der Waals surface area contributed by atoms with E-state index in [0.717, 1.165) is 41.4 Å². The molecule has 0 spiro atoms. The van der Waals surface area contributed by atoms with Crippen LogP contribution in [0.2, 0.25) is 0 Å². The standard InChI is InChI=1S/C21H19N5O/c1-14-23-17(13-26(14)20-7-2-4-10-22-20)19-12-16(21(27)24-15-8-9-15)18-6-3-5-11-25(18)19/h2-7,10-13,15H,8-9H2,1H3,(H,24,27). The molecule has 1 saturated carbocycles. The van der Waals surface area contributed by atoms with Crippen LogP contribution < -0.4 is 5.32 Å². The van der Waals surface area contributed by atoms with Crippen LogP contribution in [0.5, 0.6) is 0 Å². The second-order valence-electron chi connectivity index (χ2n) is 6.88. The number of carbonyl (C=O) groups is 1. The predicted molar refractivity (Wildman–Crippen MR) is 103 cm³/mol. The lowest BCUT2D eigenvalue weighted by atomic mass is 10.2. The predicted octanol–water partition coefficient (Wildman–Crippen LogP) is 3.39. The van der Waals surface area contributed by atoms with E-state index in [1.807, 2.05) is 70.7 Å². The Morgan fingerprint density at radius 1 is 1.19 bits per heavy atom. The van der Waals surface area contributed by atoms with Crippen molar-refractivity contribution in [2.45, 2.75) is 25.8 Å². The lowest BCUT2D eigenvalue weighted by molar-refractivity contribution is 0.0953. The SMILES string of the molecule is Cc1nc(-c2cc(C(=O)NC3CC3)c3ccccn23)cn1-c1ccccn1. The summed E-state index contributed by atoms with van der Waals surface area (Å²) in [5.41, 5.74) is 3.27. The first-order valence-corrected chi connectivity index (χ1v) is 9.09. The minimum absolute atomic E-state index is 0.0201. The van der Waals surface area contributed by atoms with Crippen LogP contribution in [0, 0.1) is 6.92 Å². The molecule has 1 fully saturated rings. The summed E-state index contributed by atoms with van der Waals surface area (Å²) < 4.78 is 3.98. The normalized spacial score (nSPS) is 13.8. The molecule has 0 unspecified atom stereocenters. The number of nitrogens with zero attached hydrogens (tertiary/aromatic N) is 4. The van der Waals surface area contributed by atoms with Crippen molar-refractivity contribution in [2.75, 3.05) is 0 Å². The molecular weight excluding hydrogens is 338 g/mol. The molecule has 1 amide bonds. The largest absolute Gasteiger partial charge is 0.349 e. The maximum atomic E-state index is 12.7. The number of hydrogen-bond donors (Lipinski definition) is 1. The molecule has 0 atom stereocenters. The minimum Gasteiger partial charge on any atom is -0.349 e. The molecule has 0 aliphatic heterocycles. The highest BCUT2D eigenvalue weighted by molar-refractivity contribution is 6.03. The van der Waals surface area contributed by atoms with Crippen molar-refractivity contribution in [3.05, 3.63) is 72.4 Å². The number of carbonyl (C=O) groups excluding carboxylic acids is 1. The zero-order valence-corrected chi connectivity index (χ0v) is 15.0. The average Bonchev–Trinajstić information content (AvgIpc) is 3.29. The highest BCUT2D eigenvalue weighted by Gasteiger charge is 2.26. The fourth-order valence-corrected chi connectivity index (χ4v) is 3.35. The van der Waals surface area contributed by atoms with Crippen LogP contribution in [0.1, 0.15) is 29.0 Å². The van der Waals surface area contributed by atoms with E-state index in [-0.39, 0.29) is 5.91 Å². The minimum atomic E-state index is -0.0201. The fraction of sp³-hybridized carbons (Fsp3) is 0.190. The van der Waals surface area contributed by atoms with E-state index < -0.39 is 0 Å². The quantitative estimate of drug-likeness (QED) is 0.609. The molecule has 6 heteroatoms. The highest BCUT2D eigenvalue weighted by Crippen LogP contribution is 2.28. The Bertz CT molecular complexity index is 1140. The van der Waals surface area contributed by atoms with Crippen molar-refractivity contribution in [1.82, 2.24) is 24.3 Å². The summed E-state index contributed by atoms with van der Waals surface area (Å²) in [5, 5.41) is 3.08. The molecule has 1 N–H and O–H groups in total. The third-order valence-corrected chi connectivity index (χ3v) is 4.87. The van der Waals surface area contributed by atoms with Gasteiger partial charge >= 0.3 is 0 Å². The molecular formula is C21H19N5O. The first-order chi connectivity index (χ1) is 13.2. The first-order valence-electron chi connectivity index (χ1n) is 9.09. The van der Waals surface area contributed by atoms with E-state index in [1.54, 1.807) is 6.20 Å². The molecule has 0 aromatic carbocycles. The van der Waals surface area contributed by atoms with E-state index in [4.69, 9.17) is 4.98 Å². The Hall–Kier alpha value is -3.41. The van der Waals surface area contributed by atoms with Crippen LogP contribution in [0.25, 0.3) is 22.7 Å². The number of imidazole rings is 1. The van der Waals surface area contributed by atoms with Gasteiger partial charge in [-0.05, 0) is 50.1 Å². The van der Waals surface area contributed by atoms with Gasteiger partial charge in [0, 0.05) is 24.6 Å². The van der Waals surface area contributed by atoms with Gasteiger partial charge in [0.2, 0.25) is 0 Å². The lowest BCUT2D eigenvalue weighted by Crippen LogP contribution is -2.25.